The van der Waals surface area contributed by atoms with Gasteiger partial charge in [0.25, 0.3) is 0 Å². The van der Waals surface area contributed by atoms with E-state index in [0.717, 1.165) is 43.8 Å². The lowest BCUT2D eigenvalue weighted by molar-refractivity contribution is -0.132. The Kier molecular flexibility index (Phi) is 4.93. The second-order valence-corrected chi connectivity index (χ2v) is 6.86. The first kappa shape index (κ1) is 16.7. The lowest BCUT2D eigenvalue weighted by Gasteiger charge is -2.34. The molecule has 2 heterocycles. The third-order valence-electron chi connectivity index (χ3n) is 4.98. The molecule has 1 aromatic heterocycles. The number of hydrogen-bond donors (Lipinski definition) is 0. The highest BCUT2D eigenvalue weighted by molar-refractivity contribution is 5.79. The molecule has 4 rings (SSSR count). The number of carbonyl (C=O) groups excluding carboxylic acids is 1. The van der Waals surface area contributed by atoms with E-state index in [1.165, 1.54) is 10.9 Å². The van der Waals surface area contributed by atoms with Crippen molar-refractivity contribution in [3.8, 4) is 0 Å². The molecule has 0 bridgehead atoms. The average Bonchev–Trinajstić information content (AvgIpc) is 2.69. The fourth-order valence-corrected chi connectivity index (χ4v) is 3.50. The van der Waals surface area contributed by atoms with Gasteiger partial charge < -0.3 is 4.90 Å². The predicted octanol–water partition coefficient (Wildman–Crippen LogP) is 3.12. The summed E-state index contributed by atoms with van der Waals surface area (Å²) in [6, 6.07) is 20.4. The maximum atomic E-state index is 12.5. The third-order valence-corrected chi connectivity index (χ3v) is 4.98. The number of aromatic nitrogens is 1. The standard InChI is InChI=1S/C22H23N3O/c26-22(15-18-6-2-1-3-7-18)25-12-10-24(11-13-25)17-19-14-20-8-4-5-9-21(20)23-16-19/h1-9,14,16H,10-13,15,17H2. The molecule has 3 aromatic rings. The number of benzene rings is 2. The van der Waals surface area contributed by atoms with Crippen LogP contribution >= 0.6 is 0 Å². The van der Waals surface area contributed by atoms with E-state index in [1.807, 2.05) is 59.6 Å². The summed E-state index contributed by atoms with van der Waals surface area (Å²) in [6.07, 6.45) is 2.46. The van der Waals surface area contributed by atoms with Gasteiger partial charge >= 0.3 is 0 Å². The molecule has 0 atom stereocenters. The van der Waals surface area contributed by atoms with Gasteiger partial charge in [-0.2, -0.15) is 0 Å². The molecule has 4 nitrogen and oxygen atoms in total. The van der Waals surface area contributed by atoms with E-state index in [9.17, 15) is 4.79 Å². The minimum absolute atomic E-state index is 0.225. The van der Waals surface area contributed by atoms with Crippen LogP contribution < -0.4 is 0 Å². The first-order valence-electron chi connectivity index (χ1n) is 9.16. The normalized spacial score (nSPS) is 15.3. The fraction of sp³-hybridized carbons (Fsp3) is 0.273. The molecule has 1 saturated heterocycles. The molecule has 1 aliphatic rings. The Morgan fingerprint density at radius 1 is 0.885 bits per heavy atom. The Labute approximate surface area is 154 Å². The van der Waals surface area contributed by atoms with Crippen molar-refractivity contribution in [1.29, 1.82) is 0 Å². The summed E-state index contributed by atoms with van der Waals surface area (Å²) in [5, 5.41) is 1.18. The largest absolute Gasteiger partial charge is 0.340 e. The maximum Gasteiger partial charge on any atom is 0.227 e. The molecule has 2 aromatic carbocycles. The van der Waals surface area contributed by atoms with Crippen molar-refractivity contribution in [2.24, 2.45) is 0 Å². The summed E-state index contributed by atoms with van der Waals surface area (Å²) < 4.78 is 0. The number of rotatable bonds is 4. The number of hydrogen-bond acceptors (Lipinski definition) is 3. The molecular formula is C22H23N3O. The van der Waals surface area contributed by atoms with Gasteiger partial charge in [0.15, 0.2) is 0 Å². The number of amides is 1. The van der Waals surface area contributed by atoms with E-state index in [1.54, 1.807) is 0 Å². The van der Waals surface area contributed by atoms with Crippen LogP contribution in [-0.4, -0.2) is 46.9 Å². The minimum Gasteiger partial charge on any atom is -0.340 e. The van der Waals surface area contributed by atoms with Crippen LogP contribution in [0.4, 0.5) is 0 Å². The van der Waals surface area contributed by atoms with E-state index in [0.29, 0.717) is 6.42 Å². The molecule has 1 amide bonds. The highest BCUT2D eigenvalue weighted by atomic mass is 16.2. The van der Waals surface area contributed by atoms with Crippen molar-refractivity contribution in [3.63, 3.8) is 0 Å². The Bertz CT molecular complexity index is 886. The Morgan fingerprint density at radius 3 is 2.42 bits per heavy atom. The zero-order valence-electron chi connectivity index (χ0n) is 14.8. The van der Waals surface area contributed by atoms with Crippen molar-refractivity contribution in [2.75, 3.05) is 26.2 Å². The number of piperazine rings is 1. The van der Waals surface area contributed by atoms with Crippen molar-refractivity contribution >= 4 is 16.8 Å². The number of carbonyl (C=O) groups is 1. The van der Waals surface area contributed by atoms with Crippen molar-refractivity contribution in [2.45, 2.75) is 13.0 Å². The van der Waals surface area contributed by atoms with E-state index < -0.39 is 0 Å². The van der Waals surface area contributed by atoms with Gasteiger partial charge in [-0.3, -0.25) is 14.7 Å². The van der Waals surface area contributed by atoms with Gasteiger partial charge in [0.2, 0.25) is 5.91 Å². The molecule has 26 heavy (non-hydrogen) atoms. The lowest BCUT2D eigenvalue weighted by Crippen LogP contribution is -2.48. The summed E-state index contributed by atoms with van der Waals surface area (Å²) in [5.74, 6) is 0.225. The van der Waals surface area contributed by atoms with Gasteiger partial charge in [-0.25, -0.2) is 0 Å². The highest BCUT2D eigenvalue weighted by Gasteiger charge is 2.21. The Hall–Kier alpha value is -2.72. The first-order valence-corrected chi connectivity index (χ1v) is 9.16. The van der Waals surface area contributed by atoms with Gasteiger partial charge in [0.1, 0.15) is 0 Å². The maximum absolute atomic E-state index is 12.5. The van der Waals surface area contributed by atoms with Crippen molar-refractivity contribution in [3.05, 3.63) is 78.0 Å². The number of pyridine rings is 1. The zero-order chi connectivity index (χ0) is 17.8. The summed E-state index contributed by atoms with van der Waals surface area (Å²) in [7, 11) is 0. The Balaban J connectivity index is 1.32. The zero-order valence-corrected chi connectivity index (χ0v) is 14.8. The van der Waals surface area contributed by atoms with Gasteiger partial charge in [-0.1, -0.05) is 48.5 Å². The highest BCUT2D eigenvalue weighted by Crippen LogP contribution is 2.15. The van der Waals surface area contributed by atoms with Crippen LogP contribution in [0.1, 0.15) is 11.1 Å². The number of para-hydroxylation sites is 1. The second kappa shape index (κ2) is 7.67. The second-order valence-electron chi connectivity index (χ2n) is 6.86. The van der Waals surface area contributed by atoms with E-state index in [-0.39, 0.29) is 5.91 Å². The third kappa shape index (κ3) is 3.92. The topological polar surface area (TPSA) is 36.4 Å². The molecule has 132 valence electrons. The smallest absolute Gasteiger partial charge is 0.227 e. The molecule has 0 N–H and O–H groups in total. The molecule has 0 spiro atoms. The summed E-state index contributed by atoms with van der Waals surface area (Å²) >= 11 is 0. The van der Waals surface area contributed by atoms with E-state index in [2.05, 4.69) is 22.0 Å². The van der Waals surface area contributed by atoms with Crippen LogP contribution in [0.2, 0.25) is 0 Å². The van der Waals surface area contributed by atoms with Crippen LogP contribution in [0, 0.1) is 0 Å². The van der Waals surface area contributed by atoms with Crippen LogP contribution in [0.15, 0.2) is 66.9 Å². The summed E-state index contributed by atoms with van der Waals surface area (Å²) in [5.41, 5.74) is 3.35. The van der Waals surface area contributed by atoms with Crippen molar-refractivity contribution < 1.29 is 4.79 Å². The molecule has 0 aliphatic carbocycles. The predicted molar refractivity (Wildman–Crippen MR) is 104 cm³/mol. The molecular weight excluding hydrogens is 322 g/mol. The SMILES string of the molecule is O=C(Cc1ccccc1)N1CCN(Cc2cnc3ccccc3c2)CC1. The molecule has 4 heteroatoms. The number of nitrogens with zero attached hydrogens (tertiary/aromatic N) is 3. The molecule has 0 radical (unpaired) electrons. The lowest BCUT2D eigenvalue weighted by atomic mass is 10.1. The molecule has 0 unspecified atom stereocenters. The van der Waals surface area contributed by atoms with Crippen LogP contribution in [-0.2, 0) is 17.8 Å². The number of fused-ring (bicyclic) bond motifs is 1. The van der Waals surface area contributed by atoms with Gasteiger partial charge in [-0.05, 0) is 23.3 Å². The summed E-state index contributed by atoms with van der Waals surface area (Å²) in [4.78, 5) is 21.4. The average molecular weight is 345 g/mol. The molecule has 1 fully saturated rings. The van der Waals surface area contributed by atoms with E-state index >= 15 is 0 Å². The van der Waals surface area contributed by atoms with Crippen molar-refractivity contribution in [1.82, 2.24) is 14.8 Å². The fourth-order valence-electron chi connectivity index (χ4n) is 3.50. The van der Waals surface area contributed by atoms with Gasteiger partial charge in [0.05, 0.1) is 11.9 Å². The van der Waals surface area contributed by atoms with Crippen LogP contribution in [0.5, 0.6) is 0 Å². The van der Waals surface area contributed by atoms with E-state index in [4.69, 9.17) is 0 Å². The minimum atomic E-state index is 0.225. The monoisotopic (exact) mass is 345 g/mol. The van der Waals surface area contributed by atoms with Crippen LogP contribution in [0.3, 0.4) is 0 Å². The van der Waals surface area contributed by atoms with Gasteiger partial charge in [-0.15, -0.1) is 0 Å². The molecule has 1 aliphatic heterocycles. The first-order chi connectivity index (χ1) is 12.8. The Morgan fingerprint density at radius 2 is 1.62 bits per heavy atom. The van der Waals surface area contributed by atoms with Crippen LogP contribution in [0.25, 0.3) is 10.9 Å². The van der Waals surface area contributed by atoms with Gasteiger partial charge in [0, 0.05) is 44.3 Å². The summed E-state index contributed by atoms with van der Waals surface area (Å²) in [6.45, 7) is 4.30. The quantitative estimate of drug-likeness (QED) is 0.729. The molecule has 0 saturated carbocycles.